The summed E-state index contributed by atoms with van der Waals surface area (Å²) in [5.41, 5.74) is 3.88. The topological polar surface area (TPSA) is 70.6 Å². The fourth-order valence-corrected chi connectivity index (χ4v) is 3.47. The number of carbonyl (C=O) groups is 2. The number of hydrogen-bond acceptors (Lipinski definition) is 3. The van der Waals surface area contributed by atoms with Crippen LogP contribution in [0.3, 0.4) is 0 Å². The predicted octanol–water partition coefficient (Wildman–Crippen LogP) is 3.51. The molecule has 0 radical (unpaired) electrons. The molecule has 0 bridgehead atoms. The van der Waals surface area contributed by atoms with Crippen molar-refractivity contribution >= 4 is 17.5 Å². The van der Waals surface area contributed by atoms with Crippen molar-refractivity contribution in [3.63, 3.8) is 0 Å². The van der Waals surface area contributed by atoms with Crippen molar-refractivity contribution < 1.29 is 14.0 Å². The van der Waals surface area contributed by atoms with Crippen LogP contribution in [0.5, 0.6) is 0 Å². The molecule has 2 aromatic carbocycles. The Kier molecular flexibility index (Phi) is 6.22. The van der Waals surface area contributed by atoms with Crippen LogP contribution in [0.2, 0.25) is 0 Å². The number of halogens is 1. The molecule has 29 heavy (non-hydrogen) atoms. The highest BCUT2D eigenvalue weighted by atomic mass is 19.1. The molecule has 0 saturated heterocycles. The van der Waals surface area contributed by atoms with Gasteiger partial charge in [0.05, 0.1) is 0 Å². The van der Waals surface area contributed by atoms with Crippen molar-refractivity contribution in [3.8, 4) is 0 Å². The number of aryl methyl sites for hydroxylation is 1. The third-order valence-corrected chi connectivity index (χ3v) is 5.14. The monoisotopic (exact) mass is 393 g/mol. The highest BCUT2D eigenvalue weighted by Gasteiger charge is 2.33. The van der Waals surface area contributed by atoms with Gasteiger partial charge in [0.15, 0.2) is 0 Å². The second-order valence-electron chi connectivity index (χ2n) is 7.16. The lowest BCUT2D eigenvalue weighted by Gasteiger charge is -2.28. The minimum atomic E-state index is -0.514. The van der Waals surface area contributed by atoms with Gasteiger partial charge < -0.3 is 10.6 Å². The van der Waals surface area contributed by atoms with Crippen LogP contribution >= 0.6 is 0 Å². The van der Waals surface area contributed by atoms with Crippen LogP contribution in [0.1, 0.15) is 40.7 Å². The normalized spacial score (nSPS) is 19.8. The minimum Gasteiger partial charge on any atom is -0.348 e. The number of nitrogens with one attached hydrogen (secondary N) is 2. The fourth-order valence-electron chi connectivity index (χ4n) is 3.47. The van der Waals surface area contributed by atoms with E-state index in [-0.39, 0.29) is 30.0 Å². The zero-order valence-electron chi connectivity index (χ0n) is 16.7. The molecular formula is C23H24FN3O2. The first-order valence-electron chi connectivity index (χ1n) is 9.45. The van der Waals surface area contributed by atoms with Gasteiger partial charge in [-0.15, -0.1) is 0 Å². The Balaban J connectivity index is 2.01. The predicted molar refractivity (Wildman–Crippen MR) is 111 cm³/mol. The van der Waals surface area contributed by atoms with Crippen LogP contribution in [0.25, 0.3) is 0 Å². The number of rotatable bonds is 4. The van der Waals surface area contributed by atoms with Crippen molar-refractivity contribution in [2.75, 3.05) is 7.05 Å². The largest absolute Gasteiger partial charge is 0.348 e. The Labute approximate surface area is 169 Å². The fraction of sp³-hybridized carbons (Fsp3) is 0.261. The number of benzene rings is 2. The summed E-state index contributed by atoms with van der Waals surface area (Å²) < 4.78 is 13.5. The first kappa shape index (κ1) is 20.5. The molecule has 1 aliphatic heterocycles. The Morgan fingerprint density at radius 2 is 1.79 bits per heavy atom. The molecular weight excluding hydrogens is 369 g/mol. The van der Waals surface area contributed by atoms with Gasteiger partial charge in [0.1, 0.15) is 5.82 Å². The van der Waals surface area contributed by atoms with Crippen LogP contribution in [-0.4, -0.2) is 30.6 Å². The molecule has 1 aliphatic rings. The summed E-state index contributed by atoms with van der Waals surface area (Å²) in [6.45, 7) is 3.80. The van der Waals surface area contributed by atoms with E-state index < -0.39 is 6.04 Å². The molecule has 2 N–H and O–H groups in total. The molecule has 0 aliphatic carbocycles. The van der Waals surface area contributed by atoms with Crippen LogP contribution in [0.15, 0.2) is 65.3 Å². The summed E-state index contributed by atoms with van der Waals surface area (Å²) >= 11 is 0. The third kappa shape index (κ3) is 4.77. The first-order chi connectivity index (χ1) is 13.9. The van der Waals surface area contributed by atoms with Gasteiger partial charge in [0.25, 0.3) is 5.91 Å². The standard InChI is InChI=1S/C23H24FN3O2/c1-14-4-6-17(7-5-14)23(29)27-20-12-21(28)26-13-19(15(2)25-3)22(20)16-8-10-18(24)11-9-16/h4-11,13,20,22H,12H2,1-3H3,(H,26,28)(H,27,29)/t20-,22+/m1/s1. The lowest BCUT2D eigenvalue weighted by Crippen LogP contribution is -2.42. The van der Waals surface area contributed by atoms with E-state index in [4.69, 9.17) is 0 Å². The lowest BCUT2D eigenvalue weighted by atomic mass is 9.82. The maximum Gasteiger partial charge on any atom is 0.251 e. The molecule has 0 spiro atoms. The van der Waals surface area contributed by atoms with E-state index in [2.05, 4.69) is 15.6 Å². The van der Waals surface area contributed by atoms with Crippen LogP contribution in [0.4, 0.5) is 4.39 Å². The average Bonchev–Trinajstić information content (AvgIpc) is 2.87. The van der Waals surface area contributed by atoms with E-state index in [1.165, 1.54) is 12.1 Å². The molecule has 6 heteroatoms. The zero-order chi connectivity index (χ0) is 21.0. The average molecular weight is 393 g/mol. The molecule has 2 aromatic rings. The quantitative estimate of drug-likeness (QED) is 0.781. The Hall–Kier alpha value is -3.28. The Morgan fingerprint density at radius 3 is 2.41 bits per heavy atom. The lowest BCUT2D eigenvalue weighted by molar-refractivity contribution is -0.120. The Morgan fingerprint density at radius 1 is 1.14 bits per heavy atom. The van der Waals surface area contributed by atoms with Gasteiger partial charge in [-0.05, 0) is 49.2 Å². The number of aliphatic imine (C=N–C) groups is 1. The van der Waals surface area contributed by atoms with E-state index in [0.29, 0.717) is 5.56 Å². The zero-order valence-corrected chi connectivity index (χ0v) is 16.7. The molecule has 3 rings (SSSR count). The van der Waals surface area contributed by atoms with Crippen LogP contribution in [-0.2, 0) is 4.79 Å². The molecule has 0 unspecified atom stereocenters. The summed E-state index contributed by atoms with van der Waals surface area (Å²) in [5.74, 6) is -1.16. The second-order valence-corrected chi connectivity index (χ2v) is 7.16. The third-order valence-electron chi connectivity index (χ3n) is 5.14. The maximum atomic E-state index is 13.5. The summed E-state index contributed by atoms with van der Waals surface area (Å²) in [5, 5.41) is 5.77. The van der Waals surface area contributed by atoms with Crippen molar-refractivity contribution in [3.05, 3.63) is 82.8 Å². The van der Waals surface area contributed by atoms with Crippen molar-refractivity contribution in [2.45, 2.75) is 32.2 Å². The molecule has 1 heterocycles. The molecule has 150 valence electrons. The number of amides is 2. The molecule has 0 saturated carbocycles. The maximum absolute atomic E-state index is 13.5. The van der Waals surface area contributed by atoms with Crippen LogP contribution < -0.4 is 10.6 Å². The SMILES string of the molecule is CN=C(C)C1=CNC(=O)C[C@@H](NC(=O)c2ccc(C)cc2)[C@H]1c1ccc(F)cc1. The van der Waals surface area contributed by atoms with Crippen molar-refractivity contribution in [1.29, 1.82) is 0 Å². The van der Waals surface area contributed by atoms with Gasteiger partial charge in [0.2, 0.25) is 5.91 Å². The van der Waals surface area contributed by atoms with Gasteiger partial charge in [-0.25, -0.2) is 4.39 Å². The number of hydrogen-bond donors (Lipinski definition) is 2. The molecule has 5 nitrogen and oxygen atoms in total. The van der Waals surface area contributed by atoms with E-state index in [9.17, 15) is 14.0 Å². The smallest absolute Gasteiger partial charge is 0.251 e. The Bertz CT molecular complexity index is 963. The first-order valence-corrected chi connectivity index (χ1v) is 9.45. The van der Waals surface area contributed by atoms with Gasteiger partial charge in [-0.1, -0.05) is 29.8 Å². The van der Waals surface area contributed by atoms with Crippen LogP contribution in [0, 0.1) is 12.7 Å². The van der Waals surface area contributed by atoms with Gasteiger partial charge >= 0.3 is 0 Å². The van der Waals surface area contributed by atoms with Crippen molar-refractivity contribution in [1.82, 2.24) is 10.6 Å². The highest BCUT2D eigenvalue weighted by molar-refractivity contribution is 6.01. The van der Waals surface area contributed by atoms with Gasteiger partial charge in [0, 0.05) is 42.9 Å². The summed E-state index contributed by atoms with van der Waals surface area (Å²) in [6.07, 6.45) is 1.73. The highest BCUT2D eigenvalue weighted by Crippen LogP contribution is 2.32. The summed E-state index contributed by atoms with van der Waals surface area (Å²) in [7, 11) is 1.67. The molecule has 2 atom stereocenters. The van der Waals surface area contributed by atoms with Gasteiger partial charge in [-0.2, -0.15) is 0 Å². The minimum absolute atomic E-state index is 0.0939. The second kappa shape index (κ2) is 8.82. The van der Waals surface area contributed by atoms with E-state index >= 15 is 0 Å². The molecule has 0 aromatic heterocycles. The number of nitrogens with zero attached hydrogens (tertiary/aromatic N) is 1. The van der Waals surface area contributed by atoms with E-state index in [1.807, 2.05) is 26.0 Å². The summed E-state index contributed by atoms with van der Waals surface area (Å²) in [4.78, 5) is 29.5. The number of carbonyl (C=O) groups excluding carboxylic acids is 2. The summed E-state index contributed by atoms with van der Waals surface area (Å²) in [6, 6.07) is 12.8. The van der Waals surface area contributed by atoms with Crippen molar-refractivity contribution in [2.24, 2.45) is 4.99 Å². The van der Waals surface area contributed by atoms with Gasteiger partial charge in [-0.3, -0.25) is 14.6 Å². The molecule has 0 fully saturated rings. The molecule has 2 amide bonds. The van der Waals surface area contributed by atoms with E-state index in [1.54, 1.807) is 37.5 Å². The van der Waals surface area contributed by atoms with E-state index in [0.717, 1.165) is 22.4 Å².